The molecule has 3 heterocycles. The summed E-state index contributed by atoms with van der Waals surface area (Å²) in [6, 6.07) is 6.02. The average Bonchev–Trinajstić information content (AvgIpc) is 3.25. The van der Waals surface area contributed by atoms with E-state index in [1.807, 2.05) is 0 Å². The molecule has 126 valence electrons. The van der Waals surface area contributed by atoms with Gasteiger partial charge in [-0.3, -0.25) is 0 Å². The number of nitrogens with zero attached hydrogens (tertiary/aromatic N) is 5. The van der Waals surface area contributed by atoms with Crippen molar-refractivity contribution in [3.8, 4) is 22.7 Å². The van der Waals surface area contributed by atoms with Crippen LogP contribution in [-0.2, 0) is 0 Å². The number of halogens is 4. The first-order valence-electron chi connectivity index (χ1n) is 6.94. The minimum absolute atomic E-state index is 0.133. The zero-order valence-corrected chi connectivity index (χ0v) is 13.7. The van der Waals surface area contributed by atoms with E-state index in [0.717, 1.165) is 4.52 Å². The first-order valence-corrected chi connectivity index (χ1v) is 7.69. The van der Waals surface area contributed by atoms with Crippen molar-refractivity contribution in [2.45, 2.75) is 6.43 Å². The number of alkyl halides is 2. The molecule has 0 spiro atoms. The lowest BCUT2D eigenvalue weighted by Crippen LogP contribution is -2.02. The van der Waals surface area contributed by atoms with E-state index in [4.69, 9.17) is 27.7 Å². The van der Waals surface area contributed by atoms with Crippen LogP contribution in [0, 0.1) is 0 Å². The molecule has 4 rings (SSSR count). The third kappa shape index (κ3) is 2.73. The Morgan fingerprint density at radius 3 is 2.64 bits per heavy atom. The lowest BCUT2D eigenvalue weighted by Gasteiger charge is -2.08. The van der Waals surface area contributed by atoms with Crippen LogP contribution in [-0.4, -0.2) is 24.7 Å². The molecule has 0 bridgehead atoms. The smallest absolute Gasteiger partial charge is 0.280 e. The molecule has 0 aliphatic rings. The van der Waals surface area contributed by atoms with E-state index in [1.165, 1.54) is 18.6 Å². The van der Waals surface area contributed by atoms with Crippen molar-refractivity contribution >= 4 is 28.8 Å². The summed E-state index contributed by atoms with van der Waals surface area (Å²) in [7, 11) is 0. The number of hydrogen-bond donors (Lipinski definition) is 0. The molecule has 4 aromatic rings. The number of aromatic nitrogens is 5. The van der Waals surface area contributed by atoms with Crippen LogP contribution >= 0.6 is 23.2 Å². The standard InChI is InChI=1S/C15H7Cl2F2N5O/c16-9-2-1-7(3-10(9)17)11-4-12(13(18)19)24-14(23-11)8(5-21-24)15-20-6-22-25-15/h1-6,13H. The van der Waals surface area contributed by atoms with Crippen LogP contribution in [0.3, 0.4) is 0 Å². The van der Waals surface area contributed by atoms with Gasteiger partial charge in [-0.05, 0) is 18.2 Å². The van der Waals surface area contributed by atoms with Crippen molar-refractivity contribution in [3.63, 3.8) is 0 Å². The molecule has 0 atom stereocenters. The third-order valence-corrected chi connectivity index (χ3v) is 4.27. The Balaban J connectivity index is 1.99. The van der Waals surface area contributed by atoms with Crippen molar-refractivity contribution < 1.29 is 13.3 Å². The zero-order valence-electron chi connectivity index (χ0n) is 12.2. The molecular formula is C15H7Cl2F2N5O. The molecule has 0 aliphatic heterocycles. The molecule has 0 aliphatic carbocycles. The summed E-state index contributed by atoms with van der Waals surface area (Å²) in [5.41, 5.74) is 1.03. The highest BCUT2D eigenvalue weighted by molar-refractivity contribution is 6.42. The van der Waals surface area contributed by atoms with Gasteiger partial charge in [0.05, 0.1) is 21.9 Å². The van der Waals surface area contributed by atoms with Crippen LogP contribution in [0.1, 0.15) is 12.1 Å². The Kier molecular flexibility index (Phi) is 3.85. The fourth-order valence-corrected chi connectivity index (χ4v) is 2.69. The van der Waals surface area contributed by atoms with Crippen molar-refractivity contribution in [2.75, 3.05) is 0 Å². The van der Waals surface area contributed by atoms with Gasteiger partial charge in [0.15, 0.2) is 12.0 Å². The average molecular weight is 382 g/mol. The fourth-order valence-electron chi connectivity index (χ4n) is 2.39. The van der Waals surface area contributed by atoms with Crippen LogP contribution in [0.2, 0.25) is 10.0 Å². The second-order valence-corrected chi connectivity index (χ2v) is 5.85. The highest BCUT2D eigenvalue weighted by atomic mass is 35.5. The van der Waals surface area contributed by atoms with Crippen LogP contribution in [0.5, 0.6) is 0 Å². The molecule has 0 N–H and O–H groups in total. The summed E-state index contributed by atoms with van der Waals surface area (Å²) in [5, 5.41) is 8.13. The van der Waals surface area contributed by atoms with E-state index < -0.39 is 6.43 Å². The first kappa shape index (κ1) is 15.9. The van der Waals surface area contributed by atoms with Gasteiger partial charge in [-0.2, -0.15) is 10.1 Å². The van der Waals surface area contributed by atoms with Gasteiger partial charge in [0, 0.05) is 5.56 Å². The molecule has 1 aromatic carbocycles. The van der Waals surface area contributed by atoms with Gasteiger partial charge in [-0.25, -0.2) is 18.3 Å². The molecule has 0 saturated heterocycles. The van der Waals surface area contributed by atoms with E-state index in [2.05, 4.69) is 20.2 Å². The summed E-state index contributed by atoms with van der Waals surface area (Å²) in [6.45, 7) is 0. The predicted molar refractivity (Wildman–Crippen MR) is 86.7 cm³/mol. The van der Waals surface area contributed by atoms with Gasteiger partial charge in [-0.15, -0.1) is 0 Å². The fraction of sp³-hybridized carbons (Fsp3) is 0.0667. The monoisotopic (exact) mass is 381 g/mol. The van der Waals surface area contributed by atoms with E-state index in [1.54, 1.807) is 18.2 Å². The number of benzene rings is 1. The zero-order chi connectivity index (χ0) is 17.6. The highest BCUT2D eigenvalue weighted by Gasteiger charge is 2.21. The largest absolute Gasteiger partial charge is 0.334 e. The van der Waals surface area contributed by atoms with Crippen LogP contribution in [0.4, 0.5) is 8.78 Å². The molecule has 0 radical (unpaired) electrons. The summed E-state index contributed by atoms with van der Waals surface area (Å²) in [6.07, 6.45) is -0.210. The minimum atomic E-state index is -2.76. The minimum Gasteiger partial charge on any atom is -0.334 e. The van der Waals surface area contributed by atoms with E-state index in [-0.39, 0.29) is 17.2 Å². The number of fused-ring (bicyclic) bond motifs is 1. The molecule has 0 unspecified atom stereocenters. The molecule has 3 aromatic heterocycles. The Morgan fingerprint density at radius 1 is 1.12 bits per heavy atom. The summed E-state index contributed by atoms with van der Waals surface area (Å²) >= 11 is 11.9. The lowest BCUT2D eigenvalue weighted by atomic mass is 10.1. The molecule has 0 saturated carbocycles. The second-order valence-electron chi connectivity index (χ2n) is 5.04. The predicted octanol–water partition coefficient (Wildman–Crippen LogP) is 4.69. The number of rotatable bonds is 3. The topological polar surface area (TPSA) is 69.1 Å². The van der Waals surface area contributed by atoms with E-state index >= 15 is 0 Å². The van der Waals surface area contributed by atoms with Gasteiger partial charge in [0.2, 0.25) is 0 Å². The van der Waals surface area contributed by atoms with Crippen LogP contribution < -0.4 is 0 Å². The van der Waals surface area contributed by atoms with Gasteiger partial charge in [-0.1, -0.05) is 34.4 Å². The summed E-state index contributed by atoms with van der Waals surface area (Å²) < 4.78 is 33.0. The Bertz CT molecular complexity index is 1070. The van der Waals surface area contributed by atoms with Gasteiger partial charge < -0.3 is 4.52 Å². The van der Waals surface area contributed by atoms with Crippen molar-refractivity contribution in [3.05, 3.63) is 52.5 Å². The Hall–Kier alpha value is -2.58. The first-order chi connectivity index (χ1) is 12.0. The molecule has 25 heavy (non-hydrogen) atoms. The lowest BCUT2D eigenvalue weighted by molar-refractivity contribution is 0.143. The normalized spacial score (nSPS) is 11.6. The maximum atomic E-state index is 13.5. The molecular weight excluding hydrogens is 375 g/mol. The maximum absolute atomic E-state index is 13.5. The second kappa shape index (κ2) is 6.05. The quantitative estimate of drug-likeness (QED) is 0.514. The Labute approximate surface area is 149 Å². The molecule has 0 amide bonds. The maximum Gasteiger partial charge on any atom is 0.280 e. The van der Waals surface area contributed by atoms with Gasteiger partial charge in [0.25, 0.3) is 12.3 Å². The summed E-state index contributed by atoms with van der Waals surface area (Å²) in [5.74, 6) is 0.133. The van der Waals surface area contributed by atoms with Crippen LogP contribution in [0.15, 0.2) is 41.3 Å². The van der Waals surface area contributed by atoms with Crippen molar-refractivity contribution in [1.29, 1.82) is 0 Å². The van der Waals surface area contributed by atoms with E-state index in [9.17, 15) is 8.78 Å². The number of hydrogen-bond acceptors (Lipinski definition) is 5. The SMILES string of the molecule is FC(F)c1cc(-c2ccc(Cl)c(Cl)c2)nc2c(-c3ncno3)cnn12. The Morgan fingerprint density at radius 2 is 1.96 bits per heavy atom. The van der Waals surface area contributed by atoms with Gasteiger partial charge in [0.1, 0.15) is 11.3 Å². The summed E-state index contributed by atoms with van der Waals surface area (Å²) in [4.78, 5) is 8.33. The molecule has 0 fully saturated rings. The molecule has 6 nitrogen and oxygen atoms in total. The third-order valence-electron chi connectivity index (χ3n) is 3.53. The van der Waals surface area contributed by atoms with Crippen molar-refractivity contribution in [2.24, 2.45) is 0 Å². The van der Waals surface area contributed by atoms with Crippen LogP contribution in [0.25, 0.3) is 28.4 Å². The molecule has 10 heteroatoms. The van der Waals surface area contributed by atoms with E-state index in [0.29, 0.717) is 26.9 Å². The highest BCUT2D eigenvalue weighted by Crippen LogP contribution is 2.32. The van der Waals surface area contributed by atoms with Crippen molar-refractivity contribution in [1.82, 2.24) is 24.7 Å². The van der Waals surface area contributed by atoms with Gasteiger partial charge >= 0.3 is 0 Å².